The number of aryl methyl sites for hydroxylation is 1. The zero-order valence-electron chi connectivity index (χ0n) is 11.4. The van der Waals surface area contributed by atoms with E-state index in [1.54, 1.807) is 6.07 Å². The van der Waals surface area contributed by atoms with E-state index in [0.717, 1.165) is 5.56 Å². The first-order valence-electron chi connectivity index (χ1n) is 6.61. The first kappa shape index (κ1) is 15.7. The Kier molecular flexibility index (Phi) is 5.47. The molecule has 21 heavy (non-hydrogen) atoms. The van der Waals surface area contributed by atoms with E-state index >= 15 is 0 Å². The molecular weight excluding hydrogens is 335 g/mol. The highest BCUT2D eigenvalue weighted by Gasteiger charge is 2.15. The van der Waals surface area contributed by atoms with Crippen molar-refractivity contribution in [2.75, 3.05) is 5.32 Å². The number of nitrogens with two attached hydrogens (primary N) is 1. The van der Waals surface area contributed by atoms with Crippen molar-refractivity contribution in [3.05, 3.63) is 64.4 Å². The van der Waals surface area contributed by atoms with E-state index < -0.39 is 11.9 Å². The lowest BCUT2D eigenvalue weighted by Crippen LogP contribution is -2.36. The average Bonchev–Trinajstić information content (AvgIpc) is 2.48. The largest absolute Gasteiger partial charge is 0.322 e. The third-order valence-corrected chi connectivity index (χ3v) is 3.61. The van der Waals surface area contributed by atoms with E-state index in [1.165, 1.54) is 12.1 Å². The molecule has 0 aliphatic heterocycles. The Balaban J connectivity index is 1.90. The minimum atomic E-state index is -0.673. The van der Waals surface area contributed by atoms with Crippen LogP contribution in [-0.4, -0.2) is 11.9 Å². The molecule has 2 rings (SSSR count). The van der Waals surface area contributed by atoms with Crippen molar-refractivity contribution in [2.24, 2.45) is 5.73 Å². The van der Waals surface area contributed by atoms with Gasteiger partial charge in [0.2, 0.25) is 5.91 Å². The van der Waals surface area contributed by atoms with Gasteiger partial charge in [-0.15, -0.1) is 0 Å². The molecule has 1 amide bonds. The van der Waals surface area contributed by atoms with Crippen molar-refractivity contribution < 1.29 is 9.18 Å². The summed E-state index contributed by atoms with van der Waals surface area (Å²) in [5, 5.41) is 2.51. The van der Waals surface area contributed by atoms with Gasteiger partial charge in [0.25, 0.3) is 0 Å². The van der Waals surface area contributed by atoms with E-state index in [2.05, 4.69) is 21.2 Å². The summed E-state index contributed by atoms with van der Waals surface area (Å²) in [6.07, 6.45) is 1.21. The van der Waals surface area contributed by atoms with Gasteiger partial charge in [-0.3, -0.25) is 4.79 Å². The molecule has 110 valence electrons. The standard InChI is InChI=1S/C16H16BrFN2O/c17-12-7-9-15(13(18)10-12)20-16(21)14(19)8-6-11-4-2-1-3-5-11/h1-5,7,9-10,14H,6,8,19H2,(H,20,21)/t14-/m0/s1. The Hall–Kier alpha value is -1.72. The van der Waals surface area contributed by atoms with Gasteiger partial charge in [-0.2, -0.15) is 0 Å². The van der Waals surface area contributed by atoms with Crippen LogP contribution in [0.3, 0.4) is 0 Å². The first-order valence-corrected chi connectivity index (χ1v) is 7.41. The Morgan fingerprint density at radius 1 is 1.24 bits per heavy atom. The molecule has 0 bridgehead atoms. The van der Waals surface area contributed by atoms with Crippen LogP contribution in [0, 0.1) is 5.82 Å². The second-order valence-corrected chi connectivity index (χ2v) is 5.66. The molecule has 0 saturated carbocycles. The van der Waals surface area contributed by atoms with Gasteiger partial charge >= 0.3 is 0 Å². The van der Waals surface area contributed by atoms with Crippen molar-refractivity contribution >= 4 is 27.5 Å². The van der Waals surface area contributed by atoms with E-state index in [0.29, 0.717) is 17.3 Å². The number of rotatable bonds is 5. The number of halogens is 2. The number of benzene rings is 2. The molecule has 5 heteroatoms. The van der Waals surface area contributed by atoms with Crippen LogP contribution in [0.4, 0.5) is 10.1 Å². The second-order valence-electron chi connectivity index (χ2n) is 4.74. The van der Waals surface area contributed by atoms with E-state index in [1.807, 2.05) is 30.3 Å². The summed E-state index contributed by atoms with van der Waals surface area (Å²) in [7, 11) is 0. The average molecular weight is 351 g/mol. The van der Waals surface area contributed by atoms with E-state index in [4.69, 9.17) is 5.73 Å². The molecule has 0 aromatic heterocycles. The Labute approximate surface area is 131 Å². The summed E-state index contributed by atoms with van der Waals surface area (Å²) in [4.78, 5) is 12.0. The van der Waals surface area contributed by atoms with Crippen LogP contribution in [0.15, 0.2) is 53.0 Å². The number of nitrogens with one attached hydrogen (secondary N) is 1. The number of hydrogen-bond donors (Lipinski definition) is 2. The molecule has 0 saturated heterocycles. The van der Waals surface area contributed by atoms with Gasteiger partial charge in [0, 0.05) is 4.47 Å². The van der Waals surface area contributed by atoms with Crippen LogP contribution >= 0.6 is 15.9 Å². The fourth-order valence-electron chi connectivity index (χ4n) is 1.91. The normalized spacial score (nSPS) is 12.0. The molecule has 2 aromatic carbocycles. The zero-order chi connectivity index (χ0) is 15.2. The van der Waals surface area contributed by atoms with Crippen molar-refractivity contribution in [3.8, 4) is 0 Å². The maximum absolute atomic E-state index is 13.6. The summed E-state index contributed by atoms with van der Waals surface area (Å²) in [5.41, 5.74) is 7.11. The van der Waals surface area contributed by atoms with Crippen LogP contribution in [0.2, 0.25) is 0 Å². The van der Waals surface area contributed by atoms with Gasteiger partial charge in [-0.1, -0.05) is 46.3 Å². The lowest BCUT2D eigenvalue weighted by Gasteiger charge is -2.13. The highest BCUT2D eigenvalue weighted by atomic mass is 79.9. The van der Waals surface area contributed by atoms with Crippen LogP contribution in [0.5, 0.6) is 0 Å². The third kappa shape index (κ3) is 4.65. The summed E-state index contributed by atoms with van der Waals surface area (Å²) in [5.74, 6) is -0.875. The minimum absolute atomic E-state index is 0.137. The lowest BCUT2D eigenvalue weighted by atomic mass is 10.1. The SMILES string of the molecule is N[C@@H](CCc1ccccc1)C(=O)Nc1ccc(Br)cc1F. The molecular formula is C16H16BrFN2O. The summed E-state index contributed by atoms with van der Waals surface area (Å²) < 4.78 is 14.3. The number of carbonyl (C=O) groups excluding carboxylic acids is 1. The predicted octanol–water partition coefficient (Wildman–Crippen LogP) is 3.49. The molecule has 0 aliphatic rings. The molecule has 0 fully saturated rings. The van der Waals surface area contributed by atoms with E-state index in [9.17, 15) is 9.18 Å². The molecule has 2 aromatic rings. The number of anilines is 1. The van der Waals surface area contributed by atoms with Crippen molar-refractivity contribution in [1.82, 2.24) is 0 Å². The molecule has 0 aliphatic carbocycles. The molecule has 0 spiro atoms. The second kappa shape index (κ2) is 7.33. The third-order valence-electron chi connectivity index (χ3n) is 3.11. The van der Waals surface area contributed by atoms with Crippen molar-refractivity contribution in [3.63, 3.8) is 0 Å². The predicted molar refractivity (Wildman–Crippen MR) is 85.5 cm³/mol. The van der Waals surface area contributed by atoms with Crippen LogP contribution in [-0.2, 0) is 11.2 Å². The molecule has 0 radical (unpaired) electrons. The first-order chi connectivity index (χ1) is 10.1. The quantitative estimate of drug-likeness (QED) is 0.867. The summed E-state index contributed by atoms with van der Waals surface area (Å²) in [6.45, 7) is 0. The van der Waals surface area contributed by atoms with Gasteiger partial charge in [0.05, 0.1) is 11.7 Å². The summed E-state index contributed by atoms with van der Waals surface area (Å²) >= 11 is 3.16. The van der Waals surface area contributed by atoms with Gasteiger partial charge in [-0.05, 0) is 36.6 Å². The van der Waals surface area contributed by atoms with Gasteiger partial charge in [0.1, 0.15) is 5.82 Å². The maximum Gasteiger partial charge on any atom is 0.241 e. The van der Waals surface area contributed by atoms with Crippen molar-refractivity contribution in [2.45, 2.75) is 18.9 Å². The fraction of sp³-hybridized carbons (Fsp3) is 0.188. The monoisotopic (exact) mass is 350 g/mol. The smallest absolute Gasteiger partial charge is 0.241 e. The molecule has 0 unspecified atom stereocenters. The highest BCUT2D eigenvalue weighted by Crippen LogP contribution is 2.19. The zero-order valence-corrected chi connectivity index (χ0v) is 12.9. The lowest BCUT2D eigenvalue weighted by molar-refractivity contribution is -0.117. The van der Waals surface area contributed by atoms with Gasteiger partial charge in [0.15, 0.2) is 0 Å². The van der Waals surface area contributed by atoms with Crippen molar-refractivity contribution in [1.29, 1.82) is 0 Å². The minimum Gasteiger partial charge on any atom is -0.322 e. The number of amides is 1. The number of carbonyl (C=O) groups is 1. The molecule has 3 N–H and O–H groups in total. The fourth-order valence-corrected chi connectivity index (χ4v) is 2.25. The van der Waals surface area contributed by atoms with Crippen LogP contribution in [0.25, 0.3) is 0 Å². The number of hydrogen-bond acceptors (Lipinski definition) is 2. The molecule has 3 nitrogen and oxygen atoms in total. The Morgan fingerprint density at radius 3 is 2.62 bits per heavy atom. The molecule has 1 atom stereocenters. The highest BCUT2D eigenvalue weighted by molar-refractivity contribution is 9.10. The van der Waals surface area contributed by atoms with Crippen LogP contribution < -0.4 is 11.1 Å². The maximum atomic E-state index is 13.6. The Morgan fingerprint density at radius 2 is 1.95 bits per heavy atom. The van der Waals surface area contributed by atoms with Gasteiger partial charge < -0.3 is 11.1 Å². The molecule has 0 heterocycles. The van der Waals surface area contributed by atoms with Gasteiger partial charge in [-0.25, -0.2) is 4.39 Å². The van der Waals surface area contributed by atoms with Crippen LogP contribution in [0.1, 0.15) is 12.0 Å². The van der Waals surface area contributed by atoms with E-state index in [-0.39, 0.29) is 11.6 Å². The Bertz CT molecular complexity index is 619. The summed E-state index contributed by atoms with van der Waals surface area (Å²) in [6, 6.07) is 13.6. The topological polar surface area (TPSA) is 55.1 Å².